The van der Waals surface area contributed by atoms with Gasteiger partial charge >= 0.3 is 5.91 Å². The minimum Gasteiger partial charge on any atom is -0.495 e. The quantitative estimate of drug-likeness (QED) is 0.666. The van der Waals surface area contributed by atoms with Gasteiger partial charge in [-0.3, -0.25) is 0 Å². The Kier molecular flexibility index (Phi) is 2.64. The van der Waals surface area contributed by atoms with E-state index in [9.17, 15) is 9.90 Å². The number of amides is 1. The van der Waals surface area contributed by atoms with Gasteiger partial charge in [-0.05, 0) is 6.08 Å². The SMILES string of the molecule is CN1C=C[C@H]([C@@H]2C=CC(=O)[N+](C)=C2)C=C1O. The molecule has 2 aliphatic rings. The topological polar surface area (TPSA) is 43.5 Å². The lowest BCUT2D eigenvalue weighted by atomic mass is 9.90. The van der Waals surface area contributed by atoms with Crippen molar-refractivity contribution in [2.24, 2.45) is 11.8 Å². The average Bonchev–Trinajstić information content (AvgIpc) is 2.26. The van der Waals surface area contributed by atoms with Crippen molar-refractivity contribution in [3.05, 3.63) is 36.4 Å². The minimum atomic E-state index is -0.0126. The molecule has 0 saturated heterocycles. The van der Waals surface area contributed by atoms with Crippen molar-refractivity contribution in [3.8, 4) is 0 Å². The molecule has 2 atom stereocenters. The molecule has 0 aromatic rings. The molecule has 0 unspecified atom stereocenters. The molecular formula is C12H15N2O2+. The van der Waals surface area contributed by atoms with Crippen LogP contribution in [0.5, 0.6) is 0 Å². The highest BCUT2D eigenvalue weighted by Crippen LogP contribution is 2.22. The summed E-state index contributed by atoms with van der Waals surface area (Å²) in [6.45, 7) is 0. The van der Waals surface area contributed by atoms with Crippen molar-refractivity contribution >= 4 is 12.1 Å². The predicted molar refractivity (Wildman–Crippen MR) is 61.0 cm³/mol. The lowest BCUT2D eigenvalue weighted by Crippen LogP contribution is -2.28. The molecular weight excluding hydrogens is 204 g/mol. The van der Waals surface area contributed by atoms with Gasteiger partial charge < -0.3 is 10.0 Å². The molecule has 2 heterocycles. The smallest absolute Gasteiger partial charge is 0.411 e. The number of aliphatic hydroxyl groups is 1. The highest BCUT2D eigenvalue weighted by atomic mass is 16.3. The van der Waals surface area contributed by atoms with Crippen molar-refractivity contribution in [3.63, 3.8) is 0 Å². The molecule has 0 aromatic carbocycles. The summed E-state index contributed by atoms with van der Waals surface area (Å²) in [7, 11) is 3.52. The van der Waals surface area contributed by atoms with E-state index in [1.807, 2.05) is 24.6 Å². The van der Waals surface area contributed by atoms with Gasteiger partial charge in [-0.2, -0.15) is 4.58 Å². The van der Waals surface area contributed by atoms with E-state index < -0.39 is 0 Å². The Balaban J connectivity index is 2.19. The molecule has 4 heteroatoms. The molecule has 16 heavy (non-hydrogen) atoms. The second kappa shape index (κ2) is 3.96. The second-order valence-corrected chi connectivity index (χ2v) is 4.09. The Morgan fingerprint density at radius 1 is 1.38 bits per heavy atom. The first-order valence-corrected chi connectivity index (χ1v) is 5.20. The largest absolute Gasteiger partial charge is 0.495 e. The summed E-state index contributed by atoms with van der Waals surface area (Å²) in [5, 5.41) is 9.61. The molecule has 1 amide bonds. The fourth-order valence-corrected chi connectivity index (χ4v) is 1.81. The first-order valence-electron chi connectivity index (χ1n) is 5.20. The van der Waals surface area contributed by atoms with E-state index in [-0.39, 0.29) is 23.6 Å². The van der Waals surface area contributed by atoms with Crippen LogP contribution >= 0.6 is 0 Å². The Hall–Kier alpha value is -1.84. The molecule has 0 bridgehead atoms. The summed E-state index contributed by atoms with van der Waals surface area (Å²) >= 11 is 0. The van der Waals surface area contributed by atoms with Crippen LogP contribution in [0.4, 0.5) is 0 Å². The van der Waals surface area contributed by atoms with Gasteiger partial charge in [0.05, 0.1) is 12.0 Å². The number of hydrogen-bond acceptors (Lipinski definition) is 3. The minimum absolute atomic E-state index is 0.0126. The molecule has 1 N–H and O–H groups in total. The lowest BCUT2D eigenvalue weighted by Gasteiger charge is -2.23. The summed E-state index contributed by atoms with van der Waals surface area (Å²) in [5.41, 5.74) is 0. The van der Waals surface area contributed by atoms with Crippen LogP contribution in [0.2, 0.25) is 0 Å². The third kappa shape index (κ3) is 1.91. The van der Waals surface area contributed by atoms with E-state index in [1.165, 1.54) is 0 Å². The lowest BCUT2D eigenvalue weighted by molar-refractivity contribution is -0.411. The van der Waals surface area contributed by atoms with Gasteiger partial charge in [-0.25, -0.2) is 4.79 Å². The number of allylic oxidation sites excluding steroid dienone is 3. The van der Waals surface area contributed by atoms with Gasteiger partial charge in [0.2, 0.25) is 0 Å². The van der Waals surface area contributed by atoms with Crippen molar-refractivity contribution in [2.45, 2.75) is 0 Å². The maximum Gasteiger partial charge on any atom is 0.411 e. The third-order valence-electron chi connectivity index (χ3n) is 2.88. The summed E-state index contributed by atoms with van der Waals surface area (Å²) in [4.78, 5) is 12.9. The maximum atomic E-state index is 11.3. The Bertz CT molecular complexity index is 432. The van der Waals surface area contributed by atoms with Crippen LogP contribution in [0.1, 0.15) is 0 Å². The van der Waals surface area contributed by atoms with E-state index in [2.05, 4.69) is 0 Å². The van der Waals surface area contributed by atoms with Crippen LogP contribution in [0.3, 0.4) is 0 Å². The van der Waals surface area contributed by atoms with E-state index in [0.29, 0.717) is 0 Å². The first-order chi connectivity index (χ1) is 7.58. The van der Waals surface area contributed by atoms with Gasteiger partial charge in [-0.1, -0.05) is 12.2 Å². The normalized spacial score (nSPS) is 29.1. The Morgan fingerprint density at radius 3 is 2.75 bits per heavy atom. The zero-order valence-electron chi connectivity index (χ0n) is 9.37. The number of nitrogens with zero attached hydrogens (tertiary/aromatic N) is 2. The monoisotopic (exact) mass is 219 g/mol. The average molecular weight is 219 g/mol. The summed E-state index contributed by atoms with van der Waals surface area (Å²) in [6, 6.07) is 0. The number of likely N-dealkylation sites (N-methyl/N-ethyl adjacent to an activating group) is 1. The fraction of sp³-hybridized carbons (Fsp3) is 0.333. The molecule has 84 valence electrons. The van der Waals surface area contributed by atoms with Crippen LogP contribution in [0, 0.1) is 11.8 Å². The summed E-state index contributed by atoms with van der Waals surface area (Å²) in [6.07, 6.45) is 10.9. The van der Waals surface area contributed by atoms with Gasteiger partial charge in [0, 0.05) is 19.2 Å². The first kappa shape index (κ1) is 10.7. The number of rotatable bonds is 1. The van der Waals surface area contributed by atoms with Gasteiger partial charge in [-0.15, -0.1) is 0 Å². The van der Waals surface area contributed by atoms with E-state index in [0.717, 1.165) is 0 Å². The summed E-state index contributed by atoms with van der Waals surface area (Å²) in [5.74, 6) is 0.452. The standard InChI is InChI=1S/C12H14N2O2/c1-13-6-5-9(7-12(13)16)10-3-4-11(15)14(2)8-10/h3-10H,1-2H3/p+1/t9-,10+/m0/s1. The number of carbonyl (C=O) groups is 1. The van der Waals surface area contributed by atoms with Gasteiger partial charge in [0.25, 0.3) is 0 Å². The van der Waals surface area contributed by atoms with Crippen LogP contribution in [-0.2, 0) is 4.79 Å². The number of hydrogen-bond donors (Lipinski definition) is 1. The molecule has 2 rings (SSSR count). The highest BCUT2D eigenvalue weighted by molar-refractivity contribution is 5.86. The van der Waals surface area contributed by atoms with E-state index >= 15 is 0 Å². The Morgan fingerprint density at radius 2 is 2.12 bits per heavy atom. The van der Waals surface area contributed by atoms with E-state index in [1.54, 1.807) is 35.7 Å². The van der Waals surface area contributed by atoms with Crippen LogP contribution in [0.25, 0.3) is 0 Å². The maximum absolute atomic E-state index is 11.3. The summed E-state index contributed by atoms with van der Waals surface area (Å²) < 4.78 is 1.57. The molecule has 4 nitrogen and oxygen atoms in total. The van der Waals surface area contributed by atoms with Crippen LogP contribution in [-0.4, -0.2) is 40.8 Å². The fourth-order valence-electron chi connectivity index (χ4n) is 1.81. The Labute approximate surface area is 94.5 Å². The van der Waals surface area contributed by atoms with Crippen molar-refractivity contribution in [1.29, 1.82) is 0 Å². The van der Waals surface area contributed by atoms with Crippen LogP contribution < -0.4 is 0 Å². The highest BCUT2D eigenvalue weighted by Gasteiger charge is 2.25. The molecule has 0 fully saturated rings. The molecule has 0 radical (unpaired) electrons. The molecule has 2 aliphatic heterocycles. The second-order valence-electron chi connectivity index (χ2n) is 4.09. The molecule has 0 saturated carbocycles. The zero-order valence-corrected chi connectivity index (χ0v) is 9.37. The molecule has 0 spiro atoms. The molecule has 0 aromatic heterocycles. The number of carbonyl (C=O) groups excluding carboxylic acids is 1. The van der Waals surface area contributed by atoms with Crippen molar-refractivity contribution in [1.82, 2.24) is 4.90 Å². The predicted octanol–water partition coefficient (Wildman–Crippen LogP) is 0.887. The van der Waals surface area contributed by atoms with Gasteiger partial charge in [0.1, 0.15) is 7.05 Å². The molecule has 0 aliphatic carbocycles. The van der Waals surface area contributed by atoms with E-state index in [4.69, 9.17) is 0 Å². The third-order valence-corrected chi connectivity index (χ3v) is 2.88. The zero-order chi connectivity index (χ0) is 11.7. The van der Waals surface area contributed by atoms with Crippen molar-refractivity contribution in [2.75, 3.05) is 14.1 Å². The van der Waals surface area contributed by atoms with Crippen LogP contribution in [0.15, 0.2) is 36.4 Å². The number of aliphatic hydroxyl groups excluding tert-OH is 1. The van der Waals surface area contributed by atoms with Crippen molar-refractivity contribution < 1.29 is 14.5 Å². The van der Waals surface area contributed by atoms with Gasteiger partial charge in [0.15, 0.2) is 12.1 Å².